The van der Waals surface area contributed by atoms with Crippen molar-refractivity contribution in [2.24, 2.45) is 7.05 Å². The molecule has 0 aliphatic carbocycles. The van der Waals surface area contributed by atoms with E-state index in [1.165, 1.54) is 6.07 Å². The second kappa shape index (κ2) is 6.94. The molecule has 0 spiro atoms. The molecule has 1 amide bonds. The van der Waals surface area contributed by atoms with Gasteiger partial charge < -0.3 is 15.5 Å². The van der Waals surface area contributed by atoms with Gasteiger partial charge in [-0.25, -0.2) is 8.78 Å². The molecule has 0 fully saturated rings. The molecule has 1 aromatic carbocycles. The zero-order chi connectivity index (χ0) is 18.8. The molecule has 0 atom stereocenters. The molecule has 134 valence electrons. The first-order valence-corrected chi connectivity index (χ1v) is 7.34. The Morgan fingerprint density at radius 1 is 1.19 bits per heavy atom. The fraction of sp³-hybridized carbons (Fsp3) is 0.125. The zero-order valence-electron chi connectivity index (χ0n) is 13.4. The van der Waals surface area contributed by atoms with Crippen LogP contribution in [0.1, 0.15) is 22.3 Å². The van der Waals surface area contributed by atoms with Crippen LogP contribution in [0.15, 0.2) is 36.7 Å². The van der Waals surface area contributed by atoms with E-state index in [4.69, 9.17) is 0 Å². The summed E-state index contributed by atoms with van der Waals surface area (Å²) < 4.78 is 28.2. The van der Waals surface area contributed by atoms with Crippen LogP contribution in [0.4, 0.5) is 14.5 Å². The molecule has 0 radical (unpaired) electrons. The number of aromatic nitrogens is 4. The first-order chi connectivity index (χ1) is 12.3. The van der Waals surface area contributed by atoms with Crippen molar-refractivity contribution in [3.8, 4) is 11.3 Å². The number of anilines is 1. The van der Waals surface area contributed by atoms with Crippen molar-refractivity contribution in [1.82, 2.24) is 20.0 Å². The van der Waals surface area contributed by atoms with E-state index in [1.807, 2.05) is 0 Å². The molecule has 0 bridgehead atoms. The van der Waals surface area contributed by atoms with Crippen LogP contribution in [-0.2, 0) is 7.05 Å². The summed E-state index contributed by atoms with van der Waals surface area (Å²) in [6.45, 7) is 0. The van der Waals surface area contributed by atoms with E-state index >= 15 is 0 Å². The minimum Gasteiger partial charge on any atom is -0.364 e. The molecule has 2 heterocycles. The Kier molecular flexibility index (Phi) is 4.69. The number of nitrogens with zero attached hydrogens (tertiary/aromatic N) is 4. The van der Waals surface area contributed by atoms with E-state index in [2.05, 4.69) is 20.6 Å². The number of carbonyl (C=O) groups is 1. The average Bonchev–Trinajstić information content (AvgIpc) is 3.04. The summed E-state index contributed by atoms with van der Waals surface area (Å²) in [5.74, 6) is -3.29. The van der Waals surface area contributed by atoms with Crippen molar-refractivity contribution in [2.75, 3.05) is 5.32 Å². The number of halogens is 2. The van der Waals surface area contributed by atoms with Crippen molar-refractivity contribution in [1.29, 1.82) is 0 Å². The first-order valence-electron chi connectivity index (χ1n) is 7.34. The van der Waals surface area contributed by atoms with E-state index in [9.17, 15) is 23.8 Å². The summed E-state index contributed by atoms with van der Waals surface area (Å²) in [4.78, 5) is 12.2. The van der Waals surface area contributed by atoms with Gasteiger partial charge in [0.15, 0.2) is 23.6 Å². The highest BCUT2D eigenvalue weighted by Gasteiger charge is 2.18. The molecule has 8 nitrogen and oxygen atoms in total. The van der Waals surface area contributed by atoms with Gasteiger partial charge in [-0.3, -0.25) is 9.48 Å². The van der Waals surface area contributed by atoms with Gasteiger partial charge in [-0.15, -0.1) is 10.2 Å². The third kappa shape index (κ3) is 3.55. The maximum atomic E-state index is 13.4. The molecule has 2 aromatic heterocycles. The van der Waals surface area contributed by atoms with Crippen LogP contribution in [0.2, 0.25) is 0 Å². The smallest absolute Gasteiger partial charge is 0.276 e. The SMILES string of the molecule is Cn1cc(-c2ccc(C(=O)Nc3cc(F)c(F)cc3C(O)O)nn2)cn1. The summed E-state index contributed by atoms with van der Waals surface area (Å²) in [5.41, 5.74) is 0.423. The molecule has 3 rings (SSSR count). The van der Waals surface area contributed by atoms with E-state index in [1.54, 1.807) is 30.2 Å². The Balaban J connectivity index is 1.83. The second-order valence-electron chi connectivity index (χ2n) is 5.39. The van der Waals surface area contributed by atoms with E-state index in [0.717, 1.165) is 0 Å². The summed E-state index contributed by atoms with van der Waals surface area (Å²) in [7, 11) is 1.74. The molecule has 3 N–H and O–H groups in total. The maximum Gasteiger partial charge on any atom is 0.276 e. The summed E-state index contributed by atoms with van der Waals surface area (Å²) in [6, 6.07) is 4.18. The van der Waals surface area contributed by atoms with Crippen LogP contribution in [0.25, 0.3) is 11.3 Å². The lowest BCUT2D eigenvalue weighted by atomic mass is 10.1. The van der Waals surface area contributed by atoms with Gasteiger partial charge in [0.25, 0.3) is 5.91 Å². The van der Waals surface area contributed by atoms with Gasteiger partial charge in [0, 0.05) is 30.4 Å². The van der Waals surface area contributed by atoms with Gasteiger partial charge >= 0.3 is 0 Å². The van der Waals surface area contributed by atoms with E-state index < -0.39 is 29.4 Å². The normalized spacial score (nSPS) is 11.0. The van der Waals surface area contributed by atoms with Crippen molar-refractivity contribution >= 4 is 11.6 Å². The lowest BCUT2D eigenvalue weighted by Gasteiger charge is -2.13. The summed E-state index contributed by atoms with van der Waals surface area (Å²) in [6.07, 6.45) is 1.21. The predicted octanol–water partition coefficient (Wildman–Crippen LogP) is 1.39. The van der Waals surface area contributed by atoms with Crippen LogP contribution < -0.4 is 5.32 Å². The van der Waals surface area contributed by atoms with Crippen molar-refractivity contribution in [2.45, 2.75) is 6.29 Å². The Hall–Kier alpha value is -3.24. The minimum absolute atomic E-state index is 0.0965. The van der Waals surface area contributed by atoms with Crippen LogP contribution in [-0.4, -0.2) is 36.1 Å². The molecule has 0 saturated carbocycles. The molecule has 26 heavy (non-hydrogen) atoms. The Morgan fingerprint density at radius 2 is 1.92 bits per heavy atom. The lowest BCUT2D eigenvalue weighted by molar-refractivity contribution is -0.0421. The number of hydrogen-bond donors (Lipinski definition) is 3. The van der Waals surface area contributed by atoms with Crippen molar-refractivity contribution < 1.29 is 23.8 Å². The molecular weight excluding hydrogens is 348 g/mol. The van der Waals surface area contributed by atoms with Crippen molar-refractivity contribution in [3.05, 3.63) is 59.6 Å². The third-order valence-corrected chi connectivity index (χ3v) is 3.52. The van der Waals surface area contributed by atoms with Gasteiger partial charge in [-0.1, -0.05) is 0 Å². The van der Waals surface area contributed by atoms with Gasteiger partial charge in [-0.05, 0) is 18.2 Å². The highest BCUT2D eigenvalue weighted by Crippen LogP contribution is 2.25. The number of rotatable bonds is 4. The molecule has 3 aromatic rings. The first kappa shape index (κ1) is 17.6. The number of carbonyl (C=O) groups excluding carboxylic acids is 1. The Bertz CT molecular complexity index is 957. The lowest BCUT2D eigenvalue weighted by Crippen LogP contribution is -2.17. The van der Waals surface area contributed by atoms with Gasteiger partial charge in [0.2, 0.25) is 0 Å². The summed E-state index contributed by atoms with van der Waals surface area (Å²) in [5, 5.41) is 32.5. The van der Waals surface area contributed by atoms with Gasteiger partial charge in [0.05, 0.1) is 17.6 Å². The largest absolute Gasteiger partial charge is 0.364 e. The zero-order valence-corrected chi connectivity index (χ0v) is 13.4. The summed E-state index contributed by atoms with van der Waals surface area (Å²) >= 11 is 0. The fourth-order valence-electron chi connectivity index (χ4n) is 2.23. The number of aryl methyl sites for hydroxylation is 1. The number of amides is 1. The predicted molar refractivity (Wildman–Crippen MR) is 85.7 cm³/mol. The van der Waals surface area contributed by atoms with Crippen LogP contribution in [0.5, 0.6) is 0 Å². The van der Waals surface area contributed by atoms with Crippen molar-refractivity contribution in [3.63, 3.8) is 0 Å². The number of nitrogens with one attached hydrogen (secondary N) is 1. The van der Waals surface area contributed by atoms with Gasteiger partial charge in [0.1, 0.15) is 0 Å². The maximum absolute atomic E-state index is 13.4. The monoisotopic (exact) mass is 361 g/mol. The third-order valence-electron chi connectivity index (χ3n) is 3.52. The average molecular weight is 361 g/mol. The quantitative estimate of drug-likeness (QED) is 0.605. The van der Waals surface area contributed by atoms with Crippen LogP contribution in [0, 0.1) is 11.6 Å². The topological polar surface area (TPSA) is 113 Å². The molecule has 0 aliphatic heterocycles. The van der Waals surface area contributed by atoms with Crippen LogP contribution in [0.3, 0.4) is 0 Å². The molecule has 0 saturated heterocycles. The number of benzene rings is 1. The molecule has 0 unspecified atom stereocenters. The van der Waals surface area contributed by atoms with E-state index in [0.29, 0.717) is 23.4 Å². The molecule has 10 heteroatoms. The fourth-order valence-corrected chi connectivity index (χ4v) is 2.23. The molecular formula is C16H13F2N5O3. The second-order valence-corrected chi connectivity index (χ2v) is 5.39. The highest BCUT2D eigenvalue weighted by molar-refractivity contribution is 6.03. The Labute approximate surface area is 145 Å². The minimum atomic E-state index is -2.10. The molecule has 0 aliphatic rings. The number of aliphatic hydroxyl groups excluding tert-OH is 1. The Morgan fingerprint density at radius 3 is 2.50 bits per heavy atom. The van der Waals surface area contributed by atoms with Crippen LogP contribution >= 0.6 is 0 Å². The van der Waals surface area contributed by atoms with E-state index in [-0.39, 0.29) is 11.4 Å². The highest BCUT2D eigenvalue weighted by atomic mass is 19.2. The number of hydrogen-bond acceptors (Lipinski definition) is 6. The van der Waals surface area contributed by atoms with Gasteiger partial charge in [-0.2, -0.15) is 5.10 Å². The number of aliphatic hydroxyl groups is 2. The standard InChI is InChI=1S/C16H13F2N5O3/c1-23-7-8(6-19-23)12-2-3-13(22-21-12)15(24)20-14-5-11(18)10(17)4-9(14)16(25)26/h2-7,16,25-26H,1H3,(H,20,24).